The van der Waals surface area contributed by atoms with Gasteiger partial charge < -0.3 is 11.5 Å². The summed E-state index contributed by atoms with van der Waals surface area (Å²) in [6.45, 7) is 3.28. The lowest BCUT2D eigenvalue weighted by molar-refractivity contribution is 0.116. The van der Waals surface area contributed by atoms with Gasteiger partial charge in [-0.25, -0.2) is 4.57 Å². The molecule has 4 N–H and O–H groups in total. The van der Waals surface area contributed by atoms with Crippen LogP contribution in [0.1, 0.15) is 26.2 Å². The van der Waals surface area contributed by atoms with E-state index in [-0.39, 0.29) is 26.3 Å². The lowest BCUT2D eigenvalue weighted by Crippen LogP contribution is -2.13. The van der Waals surface area contributed by atoms with Crippen LogP contribution in [0.4, 0.5) is 0 Å². The van der Waals surface area contributed by atoms with Crippen LogP contribution >= 0.6 is 7.82 Å². The van der Waals surface area contributed by atoms with Gasteiger partial charge in [-0.1, -0.05) is 19.8 Å². The minimum atomic E-state index is -3.45. The van der Waals surface area contributed by atoms with E-state index in [1.165, 1.54) is 0 Å². The zero-order valence-electron chi connectivity index (χ0n) is 9.89. The summed E-state index contributed by atoms with van der Waals surface area (Å²) in [5.41, 5.74) is 10.5. The van der Waals surface area contributed by atoms with Crippen molar-refractivity contribution in [2.45, 2.75) is 26.2 Å². The summed E-state index contributed by atoms with van der Waals surface area (Å²) in [5.74, 6) is 0. The fourth-order valence-corrected chi connectivity index (χ4v) is 2.20. The smallest absolute Gasteiger partial charge is 0.328 e. The van der Waals surface area contributed by atoms with E-state index in [2.05, 4.69) is 6.92 Å². The highest BCUT2D eigenvalue weighted by Gasteiger charge is 2.25. The van der Waals surface area contributed by atoms with E-state index in [0.717, 1.165) is 19.3 Å². The zero-order chi connectivity index (χ0) is 12.3. The molecule has 0 atom stereocenters. The molecular weight excluding hydrogens is 231 g/mol. The Hall–Kier alpha value is 0.0300. The SMILES string of the molecule is CCCCCOP(=O)(OCCN)OCCN. The van der Waals surface area contributed by atoms with Gasteiger partial charge in [-0.15, -0.1) is 0 Å². The number of hydrogen-bond donors (Lipinski definition) is 2. The second kappa shape index (κ2) is 10.2. The molecule has 0 saturated heterocycles. The molecule has 0 heterocycles. The maximum Gasteiger partial charge on any atom is 0.474 e. The predicted octanol–water partition coefficient (Wildman–Crippen LogP) is 1.25. The van der Waals surface area contributed by atoms with Crippen molar-refractivity contribution in [1.82, 2.24) is 0 Å². The minimum Gasteiger partial charge on any atom is -0.328 e. The standard InChI is InChI=1S/C9H23N2O4P/c1-2-3-4-7-13-16(12,14-8-5-10)15-9-6-11/h2-11H2,1H3. The molecule has 0 aliphatic carbocycles. The van der Waals surface area contributed by atoms with E-state index < -0.39 is 7.82 Å². The summed E-state index contributed by atoms with van der Waals surface area (Å²) in [7, 11) is -3.45. The normalized spacial score (nSPS) is 11.9. The summed E-state index contributed by atoms with van der Waals surface area (Å²) < 4.78 is 27.0. The Kier molecular flexibility index (Phi) is 10.2. The molecule has 0 rings (SSSR count). The van der Waals surface area contributed by atoms with Crippen LogP contribution in [0, 0.1) is 0 Å². The van der Waals surface area contributed by atoms with Gasteiger partial charge in [0.15, 0.2) is 0 Å². The van der Waals surface area contributed by atoms with E-state index in [9.17, 15) is 4.57 Å². The van der Waals surface area contributed by atoms with Crippen LogP contribution in [0.2, 0.25) is 0 Å². The number of phosphoric acid groups is 1. The van der Waals surface area contributed by atoms with Crippen LogP contribution in [0.5, 0.6) is 0 Å². The molecule has 98 valence electrons. The molecule has 0 aromatic rings. The zero-order valence-corrected chi connectivity index (χ0v) is 10.8. The van der Waals surface area contributed by atoms with E-state index in [1.54, 1.807) is 0 Å². The Morgan fingerprint density at radius 3 is 1.88 bits per heavy atom. The summed E-state index contributed by atoms with van der Waals surface area (Å²) in [6.07, 6.45) is 2.92. The molecular formula is C9H23N2O4P. The molecule has 0 aromatic heterocycles. The number of unbranched alkanes of at least 4 members (excludes halogenated alkanes) is 2. The largest absolute Gasteiger partial charge is 0.474 e. The molecule has 16 heavy (non-hydrogen) atoms. The second-order valence-electron chi connectivity index (χ2n) is 3.23. The topological polar surface area (TPSA) is 96.8 Å². The first-order valence-electron chi connectivity index (χ1n) is 5.62. The van der Waals surface area contributed by atoms with Gasteiger partial charge in [-0.05, 0) is 6.42 Å². The van der Waals surface area contributed by atoms with Crippen molar-refractivity contribution in [3.63, 3.8) is 0 Å². The number of nitrogens with two attached hydrogens (primary N) is 2. The molecule has 0 aliphatic rings. The van der Waals surface area contributed by atoms with Crippen LogP contribution < -0.4 is 11.5 Å². The molecule has 0 bridgehead atoms. The first-order valence-corrected chi connectivity index (χ1v) is 7.08. The van der Waals surface area contributed by atoms with Crippen LogP contribution in [0.15, 0.2) is 0 Å². The van der Waals surface area contributed by atoms with Gasteiger partial charge in [0.25, 0.3) is 0 Å². The number of hydrogen-bond acceptors (Lipinski definition) is 6. The highest BCUT2D eigenvalue weighted by molar-refractivity contribution is 7.48. The van der Waals surface area contributed by atoms with Gasteiger partial charge in [-0.3, -0.25) is 13.6 Å². The first kappa shape index (κ1) is 16.0. The van der Waals surface area contributed by atoms with Crippen molar-refractivity contribution >= 4 is 7.82 Å². The maximum absolute atomic E-state index is 11.9. The van der Waals surface area contributed by atoms with Crippen LogP contribution in [0.25, 0.3) is 0 Å². The predicted molar refractivity (Wildman–Crippen MR) is 63.1 cm³/mol. The Labute approximate surface area is 97.2 Å². The average Bonchev–Trinajstić information content (AvgIpc) is 2.30. The third kappa shape index (κ3) is 8.21. The Morgan fingerprint density at radius 2 is 1.44 bits per heavy atom. The Balaban J connectivity index is 3.92. The lowest BCUT2D eigenvalue weighted by atomic mass is 10.3. The summed E-state index contributed by atoms with van der Waals surface area (Å²) in [5, 5.41) is 0. The molecule has 0 aliphatic heterocycles. The van der Waals surface area contributed by atoms with Gasteiger partial charge in [0.05, 0.1) is 19.8 Å². The van der Waals surface area contributed by atoms with Crippen molar-refractivity contribution in [3.05, 3.63) is 0 Å². The Morgan fingerprint density at radius 1 is 0.938 bits per heavy atom. The van der Waals surface area contributed by atoms with E-state index in [1.807, 2.05) is 0 Å². The molecule has 0 saturated carbocycles. The van der Waals surface area contributed by atoms with Gasteiger partial charge in [-0.2, -0.15) is 0 Å². The van der Waals surface area contributed by atoms with Crippen molar-refractivity contribution in [2.75, 3.05) is 32.9 Å². The number of phosphoric ester groups is 1. The fraction of sp³-hybridized carbons (Fsp3) is 1.00. The quantitative estimate of drug-likeness (QED) is 0.425. The van der Waals surface area contributed by atoms with E-state index in [4.69, 9.17) is 25.0 Å². The molecule has 0 fully saturated rings. The third-order valence-electron chi connectivity index (χ3n) is 1.73. The van der Waals surface area contributed by atoms with Crippen molar-refractivity contribution in [3.8, 4) is 0 Å². The number of rotatable bonds is 11. The van der Waals surface area contributed by atoms with Crippen LogP contribution in [-0.2, 0) is 18.1 Å². The van der Waals surface area contributed by atoms with Gasteiger partial charge >= 0.3 is 7.82 Å². The monoisotopic (exact) mass is 254 g/mol. The van der Waals surface area contributed by atoms with Crippen molar-refractivity contribution in [2.24, 2.45) is 11.5 Å². The highest BCUT2D eigenvalue weighted by atomic mass is 31.2. The molecule has 0 amide bonds. The van der Waals surface area contributed by atoms with Crippen LogP contribution in [0.3, 0.4) is 0 Å². The third-order valence-corrected chi connectivity index (χ3v) is 3.23. The molecule has 6 nitrogen and oxygen atoms in total. The lowest BCUT2D eigenvalue weighted by Gasteiger charge is -2.17. The van der Waals surface area contributed by atoms with Gasteiger partial charge in [0.2, 0.25) is 0 Å². The highest BCUT2D eigenvalue weighted by Crippen LogP contribution is 2.49. The minimum absolute atomic E-state index is 0.148. The average molecular weight is 254 g/mol. The second-order valence-corrected chi connectivity index (χ2v) is 4.90. The summed E-state index contributed by atoms with van der Waals surface area (Å²) in [6, 6.07) is 0. The molecule has 0 unspecified atom stereocenters. The van der Waals surface area contributed by atoms with Gasteiger partial charge in [0.1, 0.15) is 0 Å². The van der Waals surface area contributed by atoms with Crippen molar-refractivity contribution in [1.29, 1.82) is 0 Å². The van der Waals surface area contributed by atoms with Gasteiger partial charge in [0, 0.05) is 13.1 Å². The molecule has 0 radical (unpaired) electrons. The Bertz CT molecular complexity index is 192. The summed E-state index contributed by atoms with van der Waals surface area (Å²) in [4.78, 5) is 0. The molecule has 7 heteroatoms. The molecule has 0 spiro atoms. The van der Waals surface area contributed by atoms with E-state index >= 15 is 0 Å². The van der Waals surface area contributed by atoms with E-state index in [0.29, 0.717) is 6.61 Å². The maximum atomic E-state index is 11.9. The molecule has 0 aromatic carbocycles. The first-order chi connectivity index (χ1) is 7.68. The van der Waals surface area contributed by atoms with Crippen molar-refractivity contribution < 1.29 is 18.1 Å². The fourth-order valence-electron chi connectivity index (χ4n) is 0.969. The van der Waals surface area contributed by atoms with Crippen LogP contribution in [-0.4, -0.2) is 32.9 Å². The summed E-state index contributed by atoms with van der Waals surface area (Å²) >= 11 is 0.